The van der Waals surface area contributed by atoms with Gasteiger partial charge in [-0.2, -0.15) is 0 Å². The highest BCUT2D eigenvalue weighted by molar-refractivity contribution is 7.11. The molecule has 1 aromatic heterocycles. The SMILES string of the molecule is Cc1nc(C2CCN(C(=O)C3CC(=O)N(C4CCCCC4)C3)CC2)sc1C. The van der Waals surface area contributed by atoms with E-state index in [2.05, 4.69) is 13.8 Å². The summed E-state index contributed by atoms with van der Waals surface area (Å²) in [5.41, 5.74) is 1.14. The molecule has 3 heterocycles. The topological polar surface area (TPSA) is 53.5 Å². The van der Waals surface area contributed by atoms with Crippen LogP contribution in [-0.2, 0) is 9.59 Å². The molecule has 2 saturated heterocycles. The Morgan fingerprint density at radius 1 is 1.07 bits per heavy atom. The summed E-state index contributed by atoms with van der Waals surface area (Å²) in [6.07, 6.45) is 8.35. The molecule has 1 saturated carbocycles. The maximum absolute atomic E-state index is 13.0. The standard InChI is InChI=1S/C21H31N3O2S/c1-14-15(2)27-20(22-14)16-8-10-23(11-9-16)21(26)17-12-19(25)24(13-17)18-6-4-3-5-7-18/h16-18H,3-13H2,1-2H3. The Morgan fingerprint density at radius 3 is 2.41 bits per heavy atom. The molecule has 2 aliphatic heterocycles. The second kappa shape index (κ2) is 7.90. The first kappa shape index (κ1) is 18.9. The predicted molar refractivity (Wildman–Crippen MR) is 107 cm³/mol. The molecule has 2 amide bonds. The third kappa shape index (κ3) is 3.91. The molecule has 4 rings (SSSR count). The highest BCUT2D eigenvalue weighted by Crippen LogP contribution is 2.34. The third-order valence-corrected chi connectivity index (χ3v) is 7.96. The van der Waals surface area contributed by atoms with Crippen LogP contribution in [0, 0.1) is 19.8 Å². The summed E-state index contributed by atoms with van der Waals surface area (Å²) >= 11 is 1.81. The van der Waals surface area contributed by atoms with Crippen LogP contribution in [0.4, 0.5) is 0 Å². The molecule has 5 nitrogen and oxygen atoms in total. The average Bonchev–Trinajstić information content (AvgIpc) is 3.24. The van der Waals surface area contributed by atoms with Gasteiger partial charge in [-0.25, -0.2) is 4.98 Å². The van der Waals surface area contributed by atoms with Crippen LogP contribution in [0.1, 0.15) is 72.9 Å². The fourth-order valence-electron chi connectivity index (χ4n) is 4.92. The summed E-state index contributed by atoms with van der Waals surface area (Å²) in [5.74, 6) is 0.756. The van der Waals surface area contributed by atoms with Gasteiger partial charge in [0.05, 0.1) is 16.6 Å². The molecule has 1 atom stereocenters. The van der Waals surface area contributed by atoms with Crippen molar-refractivity contribution in [2.75, 3.05) is 19.6 Å². The van der Waals surface area contributed by atoms with Gasteiger partial charge in [0.1, 0.15) is 0 Å². The van der Waals surface area contributed by atoms with Gasteiger partial charge in [-0.05, 0) is 39.5 Å². The molecular formula is C21H31N3O2S. The van der Waals surface area contributed by atoms with Crippen molar-refractivity contribution in [3.8, 4) is 0 Å². The zero-order valence-electron chi connectivity index (χ0n) is 16.6. The Hall–Kier alpha value is -1.43. The number of carbonyl (C=O) groups is 2. The highest BCUT2D eigenvalue weighted by atomic mass is 32.1. The Bertz CT molecular complexity index is 683. The van der Waals surface area contributed by atoms with Gasteiger partial charge < -0.3 is 9.80 Å². The van der Waals surface area contributed by atoms with Crippen molar-refractivity contribution in [3.63, 3.8) is 0 Å². The van der Waals surface area contributed by atoms with E-state index in [1.165, 1.54) is 29.1 Å². The molecule has 6 heteroatoms. The number of hydrogen-bond acceptors (Lipinski definition) is 4. The summed E-state index contributed by atoms with van der Waals surface area (Å²) in [7, 11) is 0. The number of hydrogen-bond donors (Lipinski definition) is 0. The molecule has 0 radical (unpaired) electrons. The minimum Gasteiger partial charge on any atom is -0.342 e. The monoisotopic (exact) mass is 389 g/mol. The molecule has 0 N–H and O–H groups in total. The fourth-order valence-corrected chi connectivity index (χ4v) is 6.01. The zero-order valence-corrected chi connectivity index (χ0v) is 17.4. The first-order valence-electron chi connectivity index (χ1n) is 10.5. The summed E-state index contributed by atoms with van der Waals surface area (Å²) in [6, 6.07) is 0.381. The van der Waals surface area contributed by atoms with Crippen LogP contribution in [-0.4, -0.2) is 52.3 Å². The van der Waals surface area contributed by atoms with Crippen LogP contribution in [0.25, 0.3) is 0 Å². The van der Waals surface area contributed by atoms with Crippen molar-refractivity contribution in [2.45, 2.75) is 77.2 Å². The number of likely N-dealkylation sites (tertiary alicyclic amines) is 2. The average molecular weight is 390 g/mol. The van der Waals surface area contributed by atoms with E-state index in [0.717, 1.165) is 44.5 Å². The largest absolute Gasteiger partial charge is 0.342 e. The first-order valence-corrected chi connectivity index (χ1v) is 11.4. The molecule has 27 heavy (non-hydrogen) atoms. The van der Waals surface area contributed by atoms with Crippen LogP contribution >= 0.6 is 11.3 Å². The quantitative estimate of drug-likeness (QED) is 0.793. The van der Waals surface area contributed by atoms with Crippen LogP contribution in [0.15, 0.2) is 0 Å². The van der Waals surface area contributed by atoms with E-state index in [1.54, 1.807) is 11.3 Å². The van der Waals surface area contributed by atoms with Crippen molar-refractivity contribution < 1.29 is 9.59 Å². The molecule has 1 unspecified atom stereocenters. The number of aromatic nitrogens is 1. The first-order chi connectivity index (χ1) is 13.0. The van der Waals surface area contributed by atoms with E-state index in [9.17, 15) is 9.59 Å². The summed E-state index contributed by atoms with van der Waals surface area (Å²) in [5, 5.41) is 1.23. The molecule has 0 spiro atoms. The molecule has 148 valence electrons. The summed E-state index contributed by atoms with van der Waals surface area (Å²) in [6.45, 7) is 6.45. The Balaban J connectivity index is 1.32. The van der Waals surface area contributed by atoms with E-state index in [1.807, 2.05) is 9.80 Å². The van der Waals surface area contributed by atoms with Gasteiger partial charge in [-0.15, -0.1) is 11.3 Å². The lowest BCUT2D eigenvalue weighted by atomic mass is 9.94. The van der Waals surface area contributed by atoms with E-state index in [4.69, 9.17) is 4.98 Å². The van der Waals surface area contributed by atoms with Crippen LogP contribution in [0.2, 0.25) is 0 Å². The molecule has 3 aliphatic rings. The predicted octanol–water partition coefficient (Wildman–Crippen LogP) is 3.65. The number of amides is 2. The van der Waals surface area contributed by atoms with Gasteiger partial charge in [0.25, 0.3) is 0 Å². The van der Waals surface area contributed by atoms with Crippen molar-refractivity contribution in [2.24, 2.45) is 5.92 Å². The molecule has 1 aliphatic carbocycles. The number of aryl methyl sites for hydroxylation is 2. The van der Waals surface area contributed by atoms with Crippen molar-refractivity contribution in [1.29, 1.82) is 0 Å². The minimum absolute atomic E-state index is 0.125. The van der Waals surface area contributed by atoms with E-state index in [0.29, 0.717) is 24.9 Å². The van der Waals surface area contributed by atoms with Gasteiger partial charge >= 0.3 is 0 Å². The smallest absolute Gasteiger partial charge is 0.227 e. The third-order valence-electron chi connectivity index (χ3n) is 6.72. The zero-order chi connectivity index (χ0) is 19.0. The van der Waals surface area contributed by atoms with Gasteiger partial charge in [0, 0.05) is 42.9 Å². The van der Waals surface area contributed by atoms with Crippen molar-refractivity contribution >= 4 is 23.2 Å². The summed E-state index contributed by atoms with van der Waals surface area (Å²) < 4.78 is 0. The summed E-state index contributed by atoms with van der Waals surface area (Å²) in [4.78, 5) is 35.5. The molecule has 0 bridgehead atoms. The van der Waals surface area contributed by atoms with Crippen molar-refractivity contribution in [1.82, 2.24) is 14.8 Å². The lowest BCUT2D eigenvalue weighted by Gasteiger charge is -2.34. The second-order valence-corrected chi connectivity index (χ2v) is 9.77. The minimum atomic E-state index is -0.125. The molecule has 1 aromatic rings. The number of nitrogens with zero attached hydrogens (tertiary/aromatic N) is 3. The number of piperidine rings is 1. The number of rotatable bonds is 3. The molecule has 3 fully saturated rings. The van der Waals surface area contributed by atoms with Gasteiger partial charge in [0.2, 0.25) is 11.8 Å². The van der Waals surface area contributed by atoms with E-state index < -0.39 is 0 Å². The lowest BCUT2D eigenvalue weighted by Crippen LogP contribution is -2.43. The maximum Gasteiger partial charge on any atom is 0.227 e. The van der Waals surface area contributed by atoms with Crippen LogP contribution in [0.5, 0.6) is 0 Å². The van der Waals surface area contributed by atoms with E-state index >= 15 is 0 Å². The van der Waals surface area contributed by atoms with Gasteiger partial charge in [-0.1, -0.05) is 19.3 Å². The van der Waals surface area contributed by atoms with Crippen LogP contribution in [0.3, 0.4) is 0 Å². The van der Waals surface area contributed by atoms with Crippen LogP contribution < -0.4 is 0 Å². The molecule has 0 aromatic carbocycles. The maximum atomic E-state index is 13.0. The second-order valence-electron chi connectivity index (χ2n) is 8.53. The van der Waals surface area contributed by atoms with E-state index in [-0.39, 0.29) is 17.7 Å². The number of thiazole rings is 1. The molecular weight excluding hydrogens is 358 g/mol. The van der Waals surface area contributed by atoms with Gasteiger partial charge in [0.15, 0.2) is 0 Å². The highest BCUT2D eigenvalue weighted by Gasteiger charge is 2.40. The fraction of sp³-hybridized carbons (Fsp3) is 0.762. The van der Waals surface area contributed by atoms with Crippen molar-refractivity contribution in [3.05, 3.63) is 15.6 Å². The Labute approximate surface area is 166 Å². The Kier molecular flexibility index (Phi) is 5.53. The number of carbonyl (C=O) groups excluding carboxylic acids is 2. The lowest BCUT2D eigenvalue weighted by molar-refractivity contribution is -0.136. The Morgan fingerprint density at radius 2 is 1.78 bits per heavy atom. The van der Waals surface area contributed by atoms with Gasteiger partial charge in [-0.3, -0.25) is 9.59 Å². The normalized spacial score (nSPS) is 25.4.